The van der Waals surface area contributed by atoms with Crippen LogP contribution in [-0.2, 0) is 63.2 Å². The van der Waals surface area contributed by atoms with Crippen LogP contribution in [0.5, 0.6) is 11.5 Å². The summed E-state index contributed by atoms with van der Waals surface area (Å²) in [6.07, 6.45) is 1.10. The average molecular weight is 697 g/mol. The molecule has 0 unspecified atom stereocenters. The molecule has 2 rings (SSSR count). The van der Waals surface area contributed by atoms with Gasteiger partial charge in [0.1, 0.15) is 24.7 Å². The second kappa shape index (κ2) is 16.8. The maximum absolute atomic E-state index is 12.5. The van der Waals surface area contributed by atoms with Gasteiger partial charge in [-0.3, -0.25) is 19.2 Å². The van der Waals surface area contributed by atoms with Gasteiger partial charge in [0.25, 0.3) is 0 Å². The van der Waals surface area contributed by atoms with Crippen LogP contribution in [0.2, 0.25) is 0 Å². The van der Waals surface area contributed by atoms with Crippen molar-refractivity contribution in [2.45, 2.75) is 130 Å². The predicted molar refractivity (Wildman–Crippen MR) is 196 cm³/mol. The van der Waals surface area contributed by atoms with Crippen LogP contribution in [0.1, 0.15) is 129 Å². The minimum atomic E-state index is -0.891. The fourth-order valence-electron chi connectivity index (χ4n) is 6.36. The van der Waals surface area contributed by atoms with Crippen molar-refractivity contribution in [2.24, 2.45) is 0 Å². The first-order chi connectivity index (χ1) is 22.9. The Bertz CT molecular complexity index is 1420. The SMILES string of the molecule is CC(C)(C)c1c(O)ccc(CCC(=O)OCCNC(=O)C(=O)NCCOC(=O)CCc2ccc(O)c(C(C)(C)C)c2C(C)(C)C)c1C(C)(C)C. The minimum absolute atomic E-state index is 0.0433. The number of ether oxygens (including phenoxy) is 2. The highest BCUT2D eigenvalue weighted by atomic mass is 16.5. The summed E-state index contributed by atoms with van der Waals surface area (Å²) >= 11 is 0. The van der Waals surface area contributed by atoms with E-state index in [1.165, 1.54) is 0 Å². The number of phenols is 2. The van der Waals surface area contributed by atoms with E-state index in [1.807, 2.05) is 53.7 Å². The first-order valence-corrected chi connectivity index (χ1v) is 17.4. The molecule has 0 aliphatic rings. The molecule has 0 saturated carbocycles. The first-order valence-electron chi connectivity index (χ1n) is 17.4. The van der Waals surface area contributed by atoms with Crippen molar-refractivity contribution in [2.75, 3.05) is 26.3 Å². The quantitative estimate of drug-likeness (QED) is 0.117. The number of carbonyl (C=O) groups excluding carboxylic acids is 4. The maximum Gasteiger partial charge on any atom is 0.309 e. The van der Waals surface area contributed by atoms with E-state index in [2.05, 4.69) is 52.2 Å². The van der Waals surface area contributed by atoms with Gasteiger partial charge in [-0.2, -0.15) is 0 Å². The van der Waals surface area contributed by atoms with Crippen molar-refractivity contribution in [3.8, 4) is 11.5 Å². The van der Waals surface area contributed by atoms with E-state index in [4.69, 9.17) is 9.47 Å². The molecule has 2 aromatic rings. The summed E-state index contributed by atoms with van der Waals surface area (Å²) in [6.45, 7) is 24.5. The Morgan fingerprint density at radius 2 is 0.820 bits per heavy atom. The number of nitrogens with one attached hydrogen (secondary N) is 2. The van der Waals surface area contributed by atoms with Gasteiger partial charge in [-0.15, -0.1) is 0 Å². The van der Waals surface area contributed by atoms with Crippen LogP contribution in [0.15, 0.2) is 24.3 Å². The minimum Gasteiger partial charge on any atom is -0.508 e. The summed E-state index contributed by atoms with van der Waals surface area (Å²) in [5.74, 6) is -2.19. The van der Waals surface area contributed by atoms with Crippen molar-refractivity contribution in [1.82, 2.24) is 10.6 Å². The third-order valence-electron chi connectivity index (χ3n) is 8.24. The number of benzene rings is 2. The van der Waals surface area contributed by atoms with Gasteiger partial charge < -0.3 is 30.3 Å². The molecule has 278 valence electrons. The fraction of sp³-hybridized carbons (Fsp3) is 0.600. The normalized spacial score (nSPS) is 12.3. The Balaban J connectivity index is 1.76. The molecule has 0 aliphatic carbocycles. The summed E-state index contributed by atoms with van der Waals surface area (Å²) in [6, 6.07) is 7.04. The fourth-order valence-corrected chi connectivity index (χ4v) is 6.36. The molecule has 0 bridgehead atoms. The van der Waals surface area contributed by atoms with Gasteiger partial charge in [0.15, 0.2) is 0 Å². The van der Waals surface area contributed by atoms with E-state index in [-0.39, 0.29) is 72.3 Å². The Labute approximate surface area is 298 Å². The van der Waals surface area contributed by atoms with E-state index in [0.717, 1.165) is 33.4 Å². The van der Waals surface area contributed by atoms with Crippen LogP contribution in [0, 0.1) is 0 Å². The van der Waals surface area contributed by atoms with Crippen molar-refractivity contribution in [3.63, 3.8) is 0 Å². The Morgan fingerprint density at radius 3 is 1.10 bits per heavy atom. The number of rotatable bonds is 12. The molecule has 4 N–H and O–H groups in total. The molecule has 0 saturated heterocycles. The summed E-state index contributed by atoms with van der Waals surface area (Å²) in [4.78, 5) is 49.3. The highest BCUT2D eigenvalue weighted by molar-refractivity contribution is 6.35. The van der Waals surface area contributed by atoms with Gasteiger partial charge in [0.2, 0.25) is 0 Å². The Morgan fingerprint density at radius 1 is 0.520 bits per heavy atom. The molecule has 0 spiro atoms. The molecule has 10 heteroatoms. The second-order valence-electron chi connectivity index (χ2n) is 16.9. The zero-order valence-electron chi connectivity index (χ0n) is 32.3. The number of aromatic hydroxyl groups is 2. The molecule has 2 aromatic carbocycles. The number of phenolic OH excluding ortho intramolecular Hbond substituents is 2. The number of amides is 2. The molecule has 0 heterocycles. The van der Waals surface area contributed by atoms with Crippen LogP contribution < -0.4 is 10.6 Å². The van der Waals surface area contributed by atoms with Gasteiger partial charge in [0.05, 0.1) is 13.1 Å². The van der Waals surface area contributed by atoms with Gasteiger partial charge in [0, 0.05) is 24.0 Å². The summed E-state index contributed by atoms with van der Waals surface area (Å²) < 4.78 is 10.5. The largest absolute Gasteiger partial charge is 0.508 e. The lowest BCUT2D eigenvalue weighted by atomic mass is 9.72. The number of esters is 2. The number of aryl methyl sites for hydroxylation is 2. The van der Waals surface area contributed by atoms with Gasteiger partial charge in [-0.05, 0) is 68.9 Å². The molecular formula is C40H60N2O8. The Kier molecular flexibility index (Phi) is 14.1. The monoisotopic (exact) mass is 696 g/mol. The van der Waals surface area contributed by atoms with E-state index >= 15 is 0 Å². The summed E-state index contributed by atoms with van der Waals surface area (Å²) in [5.41, 5.74) is 4.61. The van der Waals surface area contributed by atoms with Crippen LogP contribution in [0.4, 0.5) is 0 Å². The van der Waals surface area contributed by atoms with Gasteiger partial charge >= 0.3 is 23.8 Å². The van der Waals surface area contributed by atoms with Crippen LogP contribution in [-0.4, -0.2) is 60.3 Å². The van der Waals surface area contributed by atoms with E-state index in [9.17, 15) is 29.4 Å². The third kappa shape index (κ3) is 12.1. The maximum atomic E-state index is 12.5. The summed E-state index contributed by atoms with van der Waals surface area (Å²) in [5, 5.41) is 26.1. The number of carbonyl (C=O) groups is 4. The van der Waals surface area contributed by atoms with E-state index in [0.29, 0.717) is 12.8 Å². The zero-order chi connectivity index (χ0) is 38.2. The van der Waals surface area contributed by atoms with Crippen LogP contribution in [0.3, 0.4) is 0 Å². The highest BCUT2D eigenvalue weighted by Crippen LogP contribution is 2.43. The second-order valence-corrected chi connectivity index (χ2v) is 16.9. The van der Waals surface area contributed by atoms with E-state index < -0.39 is 23.8 Å². The molecular weight excluding hydrogens is 636 g/mol. The Hall–Kier alpha value is -4.08. The van der Waals surface area contributed by atoms with Crippen molar-refractivity contribution < 1.29 is 38.9 Å². The first kappa shape index (κ1) is 42.1. The molecule has 0 atom stereocenters. The molecule has 0 aromatic heterocycles. The lowest BCUT2D eigenvalue weighted by Crippen LogP contribution is -2.42. The molecule has 0 radical (unpaired) electrons. The molecule has 10 nitrogen and oxygen atoms in total. The van der Waals surface area contributed by atoms with Gasteiger partial charge in [-0.1, -0.05) is 95.2 Å². The smallest absolute Gasteiger partial charge is 0.309 e. The molecule has 50 heavy (non-hydrogen) atoms. The third-order valence-corrected chi connectivity index (χ3v) is 8.24. The number of hydrogen-bond acceptors (Lipinski definition) is 8. The molecule has 2 amide bonds. The van der Waals surface area contributed by atoms with Crippen molar-refractivity contribution in [3.05, 3.63) is 57.6 Å². The standard InChI is InChI=1S/C40H60N2O8/c1-37(2,3)31-25(13-17-27(43)33(31)39(7,8)9)15-19-29(45)49-23-21-41-35(47)36(48)42-22-24-50-30(46)20-16-26-14-18-28(44)34(40(10,11)12)32(26)38(4,5)6/h13-14,17-18,43-44H,15-16,19-24H2,1-12H3,(H,41,47)(H,42,48). The lowest BCUT2D eigenvalue weighted by molar-refractivity contribution is -0.145. The number of hydrogen-bond donors (Lipinski definition) is 4. The van der Waals surface area contributed by atoms with Gasteiger partial charge in [-0.25, -0.2) is 0 Å². The molecule has 0 fully saturated rings. The van der Waals surface area contributed by atoms with Crippen LogP contribution >= 0.6 is 0 Å². The van der Waals surface area contributed by atoms with Crippen molar-refractivity contribution in [1.29, 1.82) is 0 Å². The van der Waals surface area contributed by atoms with Crippen LogP contribution in [0.25, 0.3) is 0 Å². The lowest BCUT2D eigenvalue weighted by Gasteiger charge is -2.33. The highest BCUT2D eigenvalue weighted by Gasteiger charge is 2.32. The van der Waals surface area contributed by atoms with Crippen molar-refractivity contribution >= 4 is 23.8 Å². The zero-order valence-corrected chi connectivity index (χ0v) is 32.3. The summed E-state index contributed by atoms with van der Waals surface area (Å²) in [7, 11) is 0. The topological polar surface area (TPSA) is 151 Å². The molecule has 0 aliphatic heterocycles. The predicted octanol–water partition coefficient (Wildman–Crippen LogP) is 6.17. The average Bonchev–Trinajstić information content (AvgIpc) is 2.97. The van der Waals surface area contributed by atoms with E-state index in [1.54, 1.807) is 12.1 Å².